The number of rotatable bonds is 22. The van der Waals surface area contributed by atoms with Crippen LogP contribution >= 0.6 is 0 Å². The first-order valence-electron chi connectivity index (χ1n) is 13.0. The number of carbonyl (C=O) groups is 1. The van der Waals surface area contributed by atoms with Gasteiger partial charge in [0.2, 0.25) is 0 Å². The van der Waals surface area contributed by atoms with Gasteiger partial charge in [-0.1, -0.05) is 136 Å². The maximum Gasteiger partial charge on any atom is 0.303 e. The first kappa shape index (κ1) is 30.6. The second-order valence-corrected chi connectivity index (χ2v) is 8.58. The molecule has 0 spiro atoms. The molecule has 0 fully saturated rings. The lowest BCUT2D eigenvalue weighted by molar-refractivity contribution is -0.137. The SMILES string of the molecule is CCCCCCCCCCCCCCCCCC(=O)O.CCCCCCCCO. The summed E-state index contributed by atoms with van der Waals surface area (Å²) in [6.45, 7) is 4.85. The molecule has 0 amide bonds. The maximum atomic E-state index is 10.3. The first-order chi connectivity index (χ1) is 14.2. The van der Waals surface area contributed by atoms with E-state index in [-0.39, 0.29) is 0 Å². The summed E-state index contributed by atoms with van der Waals surface area (Å²) in [4.78, 5) is 10.3. The summed E-state index contributed by atoms with van der Waals surface area (Å²) in [5.74, 6) is -0.653. The highest BCUT2D eigenvalue weighted by Crippen LogP contribution is 2.13. The van der Waals surface area contributed by atoms with Gasteiger partial charge in [-0.15, -0.1) is 0 Å². The molecule has 0 saturated carbocycles. The van der Waals surface area contributed by atoms with Crippen molar-refractivity contribution in [3.05, 3.63) is 0 Å². The topological polar surface area (TPSA) is 57.5 Å². The average Bonchev–Trinajstić information content (AvgIpc) is 2.71. The van der Waals surface area contributed by atoms with Crippen molar-refractivity contribution in [2.45, 2.75) is 155 Å². The van der Waals surface area contributed by atoms with Gasteiger partial charge in [-0.05, 0) is 12.8 Å². The molecule has 0 aliphatic heterocycles. The van der Waals surface area contributed by atoms with E-state index in [4.69, 9.17) is 10.2 Å². The quantitative estimate of drug-likeness (QED) is 0.174. The summed E-state index contributed by atoms with van der Waals surface area (Å²) >= 11 is 0. The predicted octanol–water partition coefficient (Wildman–Crippen LogP) is 8.67. The van der Waals surface area contributed by atoms with Gasteiger partial charge in [-0.25, -0.2) is 0 Å². The lowest BCUT2D eigenvalue weighted by Crippen LogP contribution is -1.93. The van der Waals surface area contributed by atoms with E-state index in [1.807, 2.05) is 0 Å². The zero-order valence-electron chi connectivity index (χ0n) is 20.1. The van der Waals surface area contributed by atoms with Crippen LogP contribution in [0.5, 0.6) is 0 Å². The fraction of sp³-hybridized carbons (Fsp3) is 0.962. The van der Waals surface area contributed by atoms with Crippen molar-refractivity contribution >= 4 is 5.97 Å². The van der Waals surface area contributed by atoms with Crippen LogP contribution in [0.1, 0.15) is 155 Å². The summed E-state index contributed by atoms with van der Waals surface area (Å²) in [6.07, 6.45) is 27.7. The van der Waals surface area contributed by atoms with Crippen LogP contribution in [0.25, 0.3) is 0 Å². The van der Waals surface area contributed by atoms with Crippen LogP contribution in [0.4, 0.5) is 0 Å². The third-order valence-electron chi connectivity index (χ3n) is 5.51. The number of hydrogen-bond donors (Lipinski definition) is 2. The highest BCUT2D eigenvalue weighted by Gasteiger charge is 1.97. The van der Waals surface area contributed by atoms with Gasteiger partial charge in [-0.3, -0.25) is 4.79 Å². The largest absolute Gasteiger partial charge is 0.481 e. The Morgan fingerprint density at radius 1 is 0.483 bits per heavy atom. The van der Waals surface area contributed by atoms with Crippen molar-refractivity contribution in [2.24, 2.45) is 0 Å². The Balaban J connectivity index is 0. The summed E-state index contributed by atoms with van der Waals surface area (Å²) in [6, 6.07) is 0. The average molecular weight is 415 g/mol. The summed E-state index contributed by atoms with van der Waals surface area (Å²) in [5.41, 5.74) is 0. The number of carboxylic acid groups (broad SMARTS) is 1. The normalized spacial score (nSPS) is 10.6. The van der Waals surface area contributed by atoms with E-state index < -0.39 is 5.97 Å². The minimum absolute atomic E-state index is 0.345. The maximum absolute atomic E-state index is 10.3. The molecule has 0 atom stereocenters. The molecule has 0 unspecified atom stereocenters. The van der Waals surface area contributed by atoms with Gasteiger partial charge < -0.3 is 10.2 Å². The molecule has 0 bridgehead atoms. The summed E-state index contributed by atoms with van der Waals surface area (Å²) < 4.78 is 0. The highest BCUT2D eigenvalue weighted by molar-refractivity contribution is 5.66. The molecular weight excluding hydrogens is 360 g/mol. The van der Waals surface area contributed by atoms with Gasteiger partial charge >= 0.3 is 5.97 Å². The van der Waals surface area contributed by atoms with E-state index >= 15 is 0 Å². The Kier molecular flexibility index (Phi) is 31.3. The van der Waals surface area contributed by atoms with Crippen molar-refractivity contribution in [1.29, 1.82) is 0 Å². The van der Waals surface area contributed by atoms with Crippen molar-refractivity contribution in [2.75, 3.05) is 6.61 Å². The van der Waals surface area contributed by atoms with Gasteiger partial charge in [0, 0.05) is 13.0 Å². The third-order valence-corrected chi connectivity index (χ3v) is 5.51. The zero-order valence-corrected chi connectivity index (χ0v) is 20.1. The van der Waals surface area contributed by atoms with E-state index in [1.165, 1.54) is 116 Å². The minimum Gasteiger partial charge on any atom is -0.481 e. The molecule has 3 heteroatoms. The van der Waals surface area contributed by atoms with Gasteiger partial charge in [0.05, 0.1) is 0 Å². The van der Waals surface area contributed by atoms with Crippen LogP contribution in [0.15, 0.2) is 0 Å². The minimum atomic E-state index is -0.653. The van der Waals surface area contributed by atoms with Crippen molar-refractivity contribution in [1.82, 2.24) is 0 Å². The standard InChI is InChI=1S/C18H36O2.C8H18O/c1-2-3-4-5-6-7-8-9-10-11-12-13-14-15-16-17-18(19)20;1-2-3-4-5-6-7-8-9/h2-17H2,1H3,(H,19,20);9H,2-8H2,1H3. The number of hydrogen-bond acceptors (Lipinski definition) is 2. The number of carboxylic acids is 1. The van der Waals surface area contributed by atoms with E-state index in [2.05, 4.69) is 13.8 Å². The molecule has 0 radical (unpaired) electrons. The van der Waals surface area contributed by atoms with Crippen molar-refractivity contribution < 1.29 is 15.0 Å². The Morgan fingerprint density at radius 3 is 1.03 bits per heavy atom. The molecule has 3 nitrogen and oxygen atoms in total. The molecule has 0 rings (SSSR count). The van der Waals surface area contributed by atoms with Crippen LogP contribution in [0.3, 0.4) is 0 Å². The lowest BCUT2D eigenvalue weighted by Gasteiger charge is -2.03. The molecule has 0 aromatic heterocycles. The zero-order chi connectivity index (χ0) is 21.8. The molecule has 0 aromatic carbocycles. The molecule has 0 saturated heterocycles. The Bertz CT molecular complexity index is 286. The molecule has 0 heterocycles. The lowest BCUT2D eigenvalue weighted by atomic mass is 10.0. The fourth-order valence-corrected chi connectivity index (χ4v) is 3.54. The van der Waals surface area contributed by atoms with E-state index in [1.54, 1.807) is 0 Å². The molecule has 29 heavy (non-hydrogen) atoms. The second-order valence-electron chi connectivity index (χ2n) is 8.58. The Hall–Kier alpha value is -0.570. The number of aliphatic hydroxyl groups is 1. The molecule has 2 N–H and O–H groups in total. The third kappa shape index (κ3) is 35.3. The van der Waals surface area contributed by atoms with E-state index in [0.717, 1.165) is 19.3 Å². The van der Waals surface area contributed by atoms with Crippen LogP contribution in [0, 0.1) is 0 Å². The first-order valence-corrected chi connectivity index (χ1v) is 13.0. The van der Waals surface area contributed by atoms with Crippen LogP contribution in [-0.4, -0.2) is 22.8 Å². The van der Waals surface area contributed by atoms with Gasteiger partial charge in [-0.2, -0.15) is 0 Å². The molecule has 0 aliphatic rings. The van der Waals surface area contributed by atoms with Crippen LogP contribution in [-0.2, 0) is 4.79 Å². The van der Waals surface area contributed by atoms with E-state index in [9.17, 15) is 4.79 Å². The highest BCUT2D eigenvalue weighted by atomic mass is 16.4. The van der Waals surface area contributed by atoms with Crippen molar-refractivity contribution in [3.8, 4) is 0 Å². The predicted molar refractivity (Wildman–Crippen MR) is 128 cm³/mol. The molecule has 0 aliphatic carbocycles. The summed E-state index contributed by atoms with van der Waals surface area (Å²) in [5, 5.41) is 16.9. The van der Waals surface area contributed by atoms with E-state index in [0.29, 0.717) is 13.0 Å². The van der Waals surface area contributed by atoms with Gasteiger partial charge in [0.1, 0.15) is 0 Å². The molecule has 0 aromatic rings. The van der Waals surface area contributed by atoms with Gasteiger partial charge in [0.25, 0.3) is 0 Å². The number of aliphatic hydroxyl groups excluding tert-OH is 1. The molecule has 176 valence electrons. The smallest absolute Gasteiger partial charge is 0.303 e. The number of unbranched alkanes of at least 4 members (excludes halogenated alkanes) is 19. The number of aliphatic carboxylic acids is 1. The Labute approximate surface area is 183 Å². The van der Waals surface area contributed by atoms with Gasteiger partial charge in [0.15, 0.2) is 0 Å². The Morgan fingerprint density at radius 2 is 0.759 bits per heavy atom. The summed E-state index contributed by atoms with van der Waals surface area (Å²) in [7, 11) is 0. The van der Waals surface area contributed by atoms with Crippen molar-refractivity contribution in [3.63, 3.8) is 0 Å². The molecular formula is C26H54O3. The van der Waals surface area contributed by atoms with Crippen LogP contribution < -0.4 is 0 Å². The monoisotopic (exact) mass is 414 g/mol. The second kappa shape index (κ2) is 29.6. The fourth-order valence-electron chi connectivity index (χ4n) is 3.54. The van der Waals surface area contributed by atoms with Crippen LogP contribution in [0.2, 0.25) is 0 Å².